The molecule has 0 bridgehead atoms. The van der Waals surface area contributed by atoms with E-state index in [1.165, 1.54) is 11.9 Å². The van der Waals surface area contributed by atoms with Crippen LogP contribution in [-0.2, 0) is 6.42 Å². The Kier molecular flexibility index (Phi) is 4.15. The van der Waals surface area contributed by atoms with Crippen molar-refractivity contribution in [1.29, 1.82) is 0 Å². The van der Waals surface area contributed by atoms with Crippen molar-refractivity contribution in [1.82, 2.24) is 9.97 Å². The molecule has 18 heavy (non-hydrogen) atoms. The third-order valence-corrected chi connectivity index (χ3v) is 3.32. The second kappa shape index (κ2) is 5.83. The predicted octanol–water partition coefficient (Wildman–Crippen LogP) is 3.12. The molecule has 0 unspecified atom stereocenters. The number of likely N-dealkylation sites (N-methyl/N-ethyl adjacent to an activating group) is 1. The third kappa shape index (κ3) is 2.99. The zero-order chi connectivity index (χ0) is 13.0. The molecule has 0 saturated heterocycles. The highest BCUT2D eigenvalue weighted by atomic mass is 35.5. The van der Waals surface area contributed by atoms with Gasteiger partial charge >= 0.3 is 0 Å². The summed E-state index contributed by atoms with van der Waals surface area (Å²) in [5.41, 5.74) is 2.25. The monoisotopic (exact) mass is 261 g/mol. The van der Waals surface area contributed by atoms with E-state index in [2.05, 4.69) is 39.1 Å². The van der Waals surface area contributed by atoms with Crippen molar-refractivity contribution in [2.45, 2.75) is 13.3 Å². The lowest BCUT2D eigenvalue weighted by atomic mass is 10.1. The van der Waals surface area contributed by atoms with Gasteiger partial charge in [0.25, 0.3) is 0 Å². The Morgan fingerprint density at radius 1 is 1.17 bits per heavy atom. The average Bonchev–Trinajstić information content (AvgIpc) is 2.40. The van der Waals surface area contributed by atoms with Crippen LogP contribution in [0.5, 0.6) is 0 Å². The Morgan fingerprint density at radius 2 is 1.89 bits per heavy atom. The zero-order valence-electron chi connectivity index (χ0n) is 10.6. The van der Waals surface area contributed by atoms with Gasteiger partial charge in [-0.3, -0.25) is 0 Å². The molecule has 0 aliphatic heterocycles. The molecule has 4 heteroatoms. The van der Waals surface area contributed by atoms with Crippen molar-refractivity contribution >= 4 is 17.4 Å². The predicted molar refractivity (Wildman–Crippen MR) is 75.2 cm³/mol. The van der Waals surface area contributed by atoms with Crippen LogP contribution in [0.4, 0.5) is 5.82 Å². The van der Waals surface area contributed by atoms with Crippen molar-refractivity contribution in [3.8, 4) is 0 Å². The SMILES string of the molecule is Cc1c(Cl)ncnc1N(C)CCc1ccccc1. The first-order valence-corrected chi connectivity index (χ1v) is 6.28. The van der Waals surface area contributed by atoms with E-state index in [-0.39, 0.29) is 0 Å². The lowest BCUT2D eigenvalue weighted by molar-refractivity contribution is 0.850. The lowest BCUT2D eigenvalue weighted by Gasteiger charge is -2.20. The van der Waals surface area contributed by atoms with Gasteiger partial charge in [0.05, 0.1) is 0 Å². The van der Waals surface area contributed by atoms with Gasteiger partial charge in [0.2, 0.25) is 0 Å². The Morgan fingerprint density at radius 3 is 2.61 bits per heavy atom. The van der Waals surface area contributed by atoms with Crippen LogP contribution in [0, 0.1) is 6.92 Å². The molecule has 0 atom stereocenters. The molecule has 1 aromatic heterocycles. The minimum absolute atomic E-state index is 0.520. The number of halogens is 1. The van der Waals surface area contributed by atoms with E-state index < -0.39 is 0 Å². The molecular weight excluding hydrogens is 246 g/mol. The summed E-state index contributed by atoms with van der Waals surface area (Å²) in [5.74, 6) is 0.894. The molecule has 2 rings (SSSR count). The van der Waals surface area contributed by atoms with E-state index in [0.717, 1.165) is 24.3 Å². The van der Waals surface area contributed by atoms with Gasteiger partial charge in [-0.25, -0.2) is 9.97 Å². The van der Waals surface area contributed by atoms with Gasteiger partial charge < -0.3 is 4.90 Å². The summed E-state index contributed by atoms with van der Waals surface area (Å²) in [6.45, 7) is 2.84. The highest BCUT2D eigenvalue weighted by Crippen LogP contribution is 2.20. The van der Waals surface area contributed by atoms with E-state index in [4.69, 9.17) is 11.6 Å². The maximum Gasteiger partial charge on any atom is 0.137 e. The van der Waals surface area contributed by atoms with Crippen molar-refractivity contribution in [3.63, 3.8) is 0 Å². The molecule has 0 saturated carbocycles. The van der Waals surface area contributed by atoms with Gasteiger partial charge in [0, 0.05) is 19.2 Å². The fourth-order valence-corrected chi connectivity index (χ4v) is 1.98. The molecular formula is C14H16ClN3. The molecule has 0 N–H and O–H groups in total. The maximum absolute atomic E-state index is 6.00. The van der Waals surface area contributed by atoms with Gasteiger partial charge in [-0.2, -0.15) is 0 Å². The van der Waals surface area contributed by atoms with Gasteiger partial charge in [-0.05, 0) is 18.9 Å². The van der Waals surface area contributed by atoms with Crippen LogP contribution in [0.2, 0.25) is 5.15 Å². The summed E-state index contributed by atoms with van der Waals surface area (Å²) in [6.07, 6.45) is 2.49. The number of benzene rings is 1. The van der Waals surface area contributed by atoms with E-state index in [9.17, 15) is 0 Å². The standard InChI is InChI=1S/C14H16ClN3/c1-11-13(15)16-10-17-14(11)18(2)9-8-12-6-4-3-5-7-12/h3-7,10H,8-9H2,1-2H3. The average molecular weight is 262 g/mol. The first-order chi connectivity index (χ1) is 8.68. The Balaban J connectivity index is 2.04. The normalized spacial score (nSPS) is 10.4. The molecule has 3 nitrogen and oxygen atoms in total. The maximum atomic E-state index is 6.00. The van der Waals surface area contributed by atoms with E-state index >= 15 is 0 Å². The summed E-state index contributed by atoms with van der Waals surface area (Å²) >= 11 is 6.00. The first kappa shape index (κ1) is 12.8. The van der Waals surface area contributed by atoms with Crippen LogP contribution >= 0.6 is 11.6 Å². The number of aromatic nitrogens is 2. The molecule has 1 aromatic carbocycles. The van der Waals surface area contributed by atoms with Crippen LogP contribution in [0.3, 0.4) is 0 Å². The van der Waals surface area contributed by atoms with E-state index in [0.29, 0.717) is 5.15 Å². The molecule has 94 valence electrons. The van der Waals surface area contributed by atoms with Crippen molar-refractivity contribution in [2.24, 2.45) is 0 Å². The van der Waals surface area contributed by atoms with Gasteiger partial charge in [-0.15, -0.1) is 0 Å². The van der Waals surface area contributed by atoms with Crippen LogP contribution in [0.25, 0.3) is 0 Å². The minimum Gasteiger partial charge on any atom is -0.359 e. The molecule has 0 fully saturated rings. The molecule has 0 spiro atoms. The molecule has 0 amide bonds. The largest absolute Gasteiger partial charge is 0.359 e. The van der Waals surface area contributed by atoms with Crippen molar-refractivity contribution < 1.29 is 0 Å². The summed E-state index contributed by atoms with van der Waals surface area (Å²) < 4.78 is 0. The third-order valence-electron chi connectivity index (χ3n) is 2.94. The van der Waals surface area contributed by atoms with E-state index in [1.807, 2.05) is 20.0 Å². The summed E-state index contributed by atoms with van der Waals surface area (Å²) in [4.78, 5) is 10.4. The highest BCUT2D eigenvalue weighted by molar-refractivity contribution is 6.30. The number of nitrogens with zero attached hydrogens (tertiary/aromatic N) is 3. The van der Waals surface area contributed by atoms with Crippen molar-refractivity contribution in [2.75, 3.05) is 18.5 Å². The summed E-state index contributed by atoms with van der Waals surface area (Å²) in [7, 11) is 2.02. The molecule has 0 aliphatic carbocycles. The Hall–Kier alpha value is -1.61. The van der Waals surface area contributed by atoms with Crippen LogP contribution in [0.1, 0.15) is 11.1 Å². The molecule has 0 aliphatic rings. The summed E-state index contributed by atoms with van der Waals surface area (Å²) in [5, 5.41) is 0.520. The number of hydrogen-bond donors (Lipinski definition) is 0. The van der Waals surface area contributed by atoms with E-state index in [1.54, 1.807) is 0 Å². The fourth-order valence-electron chi connectivity index (χ4n) is 1.85. The van der Waals surface area contributed by atoms with Gasteiger partial charge in [0.15, 0.2) is 0 Å². The zero-order valence-corrected chi connectivity index (χ0v) is 11.4. The topological polar surface area (TPSA) is 29.0 Å². The second-order valence-corrected chi connectivity index (χ2v) is 4.63. The smallest absolute Gasteiger partial charge is 0.137 e. The number of hydrogen-bond acceptors (Lipinski definition) is 3. The Bertz CT molecular complexity index is 514. The minimum atomic E-state index is 0.520. The summed E-state index contributed by atoms with van der Waals surface area (Å²) in [6, 6.07) is 10.4. The molecule has 0 radical (unpaired) electrons. The first-order valence-electron chi connectivity index (χ1n) is 5.90. The Labute approximate surface area is 112 Å². The highest BCUT2D eigenvalue weighted by Gasteiger charge is 2.09. The fraction of sp³-hybridized carbons (Fsp3) is 0.286. The van der Waals surface area contributed by atoms with Gasteiger partial charge in [0.1, 0.15) is 17.3 Å². The molecule has 1 heterocycles. The van der Waals surface area contributed by atoms with Gasteiger partial charge in [-0.1, -0.05) is 41.9 Å². The molecule has 2 aromatic rings. The van der Waals surface area contributed by atoms with Crippen LogP contribution in [0.15, 0.2) is 36.7 Å². The lowest BCUT2D eigenvalue weighted by Crippen LogP contribution is -2.22. The van der Waals surface area contributed by atoms with Crippen LogP contribution in [-0.4, -0.2) is 23.6 Å². The van der Waals surface area contributed by atoms with Crippen molar-refractivity contribution in [3.05, 3.63) is 52.9 Å². The van der Waals surface area contributed by atoms with Crippen LogP contribution < -0.4 is 4.90 Å². The number of rotatable bonds is 4. The second-order valence-electron chi connectivity index (χ2n) is 4.27. The number of anilines is 1. The quantitative estimate of drug-likeness (QED) is 0.792.